The highest BCUT2D eigenvalue weighted by atomic mass is 79.9. The number of hydrogen-bond donors (Lipinski definition) is 0. The van der Waals surface area contributed by atoms with Gasteiger partial charge in [0.2, 0.25) is 0 Å². The van der Waals surface area contributed by atoms with E-state index in [0.717, 1.165) is 49.7 Å². The summed E-state index contributed by atoms with van der Waals surface area (Å²) in [6, 6.07) is 31.2. The molecule has 4 aromatic rings. The molecule has 0 unspecified atom stereocenters. The van der Waals surface area contributed by atoms with Gasteiger partial charge in [-0.2, -0.15) is 0 Å². The Morgan fingerprint density at radius 3 is 1.43 bits per heavy atom. The molecule has 0 N–H and O–H groups in total. The third-order valence-electron chi connectivity index (χ3n) is 5.66. The molecule has 0 aromatic heterocycles. The zero-order valence-corrected chi connectivity index (χ0v) is 16.4. The minimum Gasteiger partial charge on any atom is -0.457 e. The van der Waals surface area contributed by atoms with E-state index in [-0.39, 0.29) is 0 Å². The molecule has 0 atom stereocenters. The summed E-state index contributed by atoms with van der Waals surface area (Å²) in [6.45, 7) is 0. The number of halogens is 1. The van der Waals surface area contributed by atoms with Gasteiger partial charge < -0.3 is 9.47 Å². The SMILES string of the molecule is Brc1ccc2c(c1)C1(c3ccccc3Oc3ccccc31)c1ccccc1O2. The summed E-state index contributed by atoms with van der Waals surface area (Å²) in [5.41, 5.74) is 4.00. The number of para-hydroxylation sites is 3. The van der Waals surface area contributed by atoms with E-state index in [1.165, 1.54) is 0 Å². The second kappa shape index (κ2) is 5.73. The van der Waals surface area contributed by atoms with Crippen LogP contribution in [0, 0.1) is 0 Å². The zero-order chi connectivity index (χ0) is 18.7. The molecule has 1 spiro atoms. The van der Waals surface area contributed by atoms with E-state index in [0.29, 0.717) is 0 Å². The average Bonchev–Trinajstić information content (AvgIpc) is 2.74. The molecule has 0 saturated heterocycles. The van der Waals surface area contributed by atoms with E-state index in [2.05, 4.69) is 58.4 Å². The van der Waals surface area contributed by atoms with Crippen LogP contribution in [0.25, 0.3) is 0 Å². The number of fused-ring (bicyclic) bond motifs is 8. The smallest absolute Gasteiger partial charge is 0.132 e. The largest absolute Gasteiger partial charge is 0.457 e. The minimum absolute atomic E-state index is 0.501. The van der Waals surface area contributed by atoms with Gasteiger partial charge in [-0.25, -0.2) is 0 Å². The lowest BCUT2D eigenvalue weighted by Gasteiger charge is -2.44. The van der Waals surface area contributed by atoms with Crippen LogP contribution in [0.1, 0.15) is 22.3 Å². The molecule has 4 aromatic carbocycles. The van der Waals surface area contributed by atoms with E-state index < -0.39 is 5.41 Å². The summed E-state index contributed by atoms with van der Waals surface area (Å²) in [5.74, 6) is 3.50. The molecule has 134 valence electrons. The summed E-state index contributed by atoms with van der Waals surface area (Å²) in [6.07, 6.45) is 0. The molecule has 0 radical (unpaired) electrons. The highest BCUT2D eigenvalue weighted by Gasteiger charge is 2.50. The maximum atomic E-state index is 6.33. The standard InChI is InChI=1S/C25H15BrO2/c26-16-13-14-24-20(15-16)25(19-9-3-6-12-23(19)28-24)17-7-1-4-10-21(17)27-22-11-5-2-8-18(22)25/h1-15H. The van der Waals surface area contributed by atoms with Crippen molar-refractivity contribution in [2.24, 2.45) is 0 Å². The number of rotatable bonds is 0. The van der Waals surface area contributed by atoms with Crippen molar-refractivity contribution in [3.8, 4) is 23.0 Å². The lowest BCUT2D eigenvalue weighted by atomic mass is 9.62. The lowest BCUT2D eigenvalue weighted by molar-refractivity contribution is 0.399. The molecule has 2 heterocycles. The van der Waals surface area contributed by atoms with E-state index in [9.17, 15) is 0 Å². The molecule has 0 fully saturated rings. The fourth-order valence-corrected chi connectivity index (χ4v) is 4.95. The highest BCUT2D eigenvalue weighted by molar-refractivity contribution is 9.10. The first-order valence-electron chi connectivity index (χ1n) is 9.23. The van der Waals surface area contributed by atoms with Crippen LogP contribution < -0.4 is 9.47 Å². The van der Waals surface area contributed by atoms with Gasteiger partial charge in [-0.3, -0.25) is 0 Å². The third kappa shape index (κ3) is 1.97. The Hall–Kier alpha value is -3.04. The highest BCUT2D eigenvalue weighted by Crippen LogP contribution is 2.61. The first-order chi connectivity index (χ1) is 13.8. The van der Waals surface area contributed by atoms with Gasteiger partial charge in [0.05, 0.1) is 5.41 Å². The van der Waals surface area contributed by atoms with Crippen LogP contribution in [-0.4, -0.2) is 0 Å². The quantitative estimate of drug-likeness (QED) is 0.259. The monoisotopic (exact) mass is 426 g/mol. The normalized spacial score (nSPS) is 14.8. The predicted octanol–water partition coefficient (Wildman–Crippen LogP) is 7.04. The Balaban J connectivity index is 1.85. The molecule has 0 saturated carbocycles. The maximum absolute atomic E-state index is 6.33. The Labute approximate surface area is 171 Å². The number of ether oxygens (including phenoxy) is 2. The van der Waals surface area contributed by atoms with Crippen molar-refractivity contribution in [3.05, 3.63) is 118 Å². The van der Waals surface area contributed by atoms with Crippen molar-refractivity contribution >= 4 is 15.9 Å². The summed E-state index contributed by atoms with van der Waals surface area (Å²) in [5, 5.41) is 0. The van der Waals surface area contributed by atoms with Crippen molar-refractivity contribution < 1.29 is 9.47 Å². The molecule has 2 nitrogen and oxygen atoms in total. The van der Waals surface area contributed by atoms with Gasteiger partial charge in [0.25, 0.3) is 0 Å². The second-order valence-corrected chi connectivity index (χ2v) is 8.00. The molecule has 0 bridgehead atoms. The van der Waals surface area contributed by atoms with E-state index in [1.54, 1.807) is 0 Å². The van der Waals surface area contributed by atoms with Gasteiger partial charge in [-0.05, 0) is 36.4 Å². The Kier molecular flexibility index (Phi) is 3.27. The molecular weight excluding hydrogens is 412 g/mol. The van der Waals surface area contributed by atoms with Gasteiger partial charge in [0.1, 0.15) is 23.0 Å². The van der Waals surface area contributed by atoms with Gasteiger partial charge in [0.15, 0.2) is 0 Å². The topological polar surface area (TPSA) is 18.5 Å². The van der Waals surface area contributed by atoms with Crippen LogP contribution in [0.2, 0.25) is 0 Å². The van der Waals surface area contributed by atoms with Gasteiger partial charge in [-0.15, -0.1) is 0 Å². The first kappa shape index (κ1) is 16.0. The Morgan fingerprint density at radius 1 is 0.500 bits per heavy atom. The lowest BCUT2D eigenvalue weighted by Crippen LogP contribution is -2.36. The van der Waals surface area contributed by atoms with E-state index >= 15 is 0 Å². The van der Waals surface area contributed by atoms with Crippen LogP contribution in [0.15, 0.2) is 95.5 Å². The third-order valence-corrected chi connectivity index (χ3v) is 6.15. The molecule has 0 amide bonds. The van der Waals surface area contributed by atoms with Crippen LogP contribution in [0.5, 0.6) is 23.0 Å². The average molecular weight is 427 g/mol. The van der Waals surface area contributed by atoms with Gasteiger partial charge in [0, 0.05) is 26.7 Å². The number of hydrogen-bond acceptors (Lipinski definition) is 2. The van der Waals surface area contributed by atoms with Gasteiger partial charge >= 0.3 is 0 Å². The summed E-state index contributed by atoms with van der Waals surface area (Å²) < 4.78 is 13.7. The summed E-state index contributed by atoms with van der Waals surface area (Å²) >= 11 is 3.67. The fourth-order valence-electron chi connectivity index (χ4n) is 4.59. The maximum Gasteiger partial charge on any atom is 0.132 e. The van der Waals surface area contributed by atoms with Crippen LogP contribution >= 0.6 is 15.9 Å². The first-order valence-corrected chi connectivity index (χ1v) is 10.0. The van der Waals surface area contributed by atoms with E-state index in [4.69, 9.17) is 9.47 Å². The van der Waals surface area contributed by atoms with Crippen LogP contribution in [-0.2, 0) is 5.41 Å². The Bertz CT molecular complexity index is 1140. The second-order valence-electron chi connectivity index (χ2n) is 7.08. The number of benzene rings is 4. The molecule has 0 aliphatic carbocycles. The fraction of sp³-hybridized carbons (Fsp3) is 0.0400. The van der Waals surface area contributed by atoms with Crippen molar-refractivity contribution in [2.45, 2.75) is 5.41 Å². The predicted molar refractivity (Wildman–Crippen MR) is 113 cm³/mol. The van der Waals surface area contributed by atoms with E-state index in [1.807, 2.05) is 48.5 Å². The molecule has 6 rings (SSSR count). The van der Waals surface area contributed by atoms with Crippen molar-refractivity contribution in [3.63, 3.8) is 0 Å². The minimum atomic E-state index is -0.501. The Morgan fingerprint density at radius 2 is 0.929 bits per heavy atom. The molecule has 2 aliphatic rings. The van der Waals surface area contributed by atoms with Crippen LogP contribution in [0.4, 0.5) is 0 Å². The van der Waals surface area contributed by atoms with Crippen molar-refractivity contribution in [2.75, 3.05) is 0 Å². The molecule has 2 aliphatic heterocycles. The molecular formula is C25H15BrO2. The van der Waals surface area contributed by atoms with Gasteiger partial charge in [-0.1, -0.05) is 70.5 Å². The molecule has 28 heavy (non-hydrogen) atoms. The summed E-state index contributed by atoms with van der Waals surface area (Å²) in [4.78, 5) is 0. The van der Waals surface area contributed by atoms with Crippen molar-refractivity contribution in [1.82, 2.24) is 0 Å². The van der Waals surface area contributed by atoms with Crippen LogP contribution in [0.3, 0.4) is 0 Å². The zero-order valence-electron chi connectivity index (χ0n) is 14.9. The molecule has 3 heteroatoms. The summed E-state index contributed by atoms with van der Waals surface area (Å²) in [7, 11) is 0. The van der Waals surface area contributed by atoms with Crippen molar-refractivity contribution in [1.29, 1.82) is 0 Å².